The molecule has 1 aromatic carbocycles. The second-order valence-corrected chi connectivity index (χ2v) is 5.64. The highest BCUT2D eigenvalue weighted by Crippen LogP contribution is 2.16. The van der Waals surface area contributed by atoms with Crippen LogP contribution >= 0.6 is 0 Å². The SMILES string of the molecule is CC1(C)CN(C(=O)COCCOc2ccccc2)CCO1. The van der Waals surface area contributed by atoms with Gasteiger partial charge in [-0.05, 0) is 26.0 Å². The Labute approximate surface area is 125 Å². The van der Waals surface area contributed by atoms with Crippen LogP contribution in [0.3, 0.4) is 0 Å². The number of carbonyl (C=O) groups is 1. The van der Waals surface area contributed by atoms with E-state index in [1.54, 1.807) is 4.90 Å². The maximum absolute atomic E-state index is 12.0. The molecule has 0 saturated carbocycles. The van der Waals surface area contributed by atoms with Crippen LogP contribution in [0.15, 0.2) is 30.3 Å². The van der Waals surface area contributed by atoms with Crippen molar-refractivity contribution in [2.45, 2.75) is 19.4 Å². The van der Waals surface area contributed by atoms with E-state index in [1.807, 2.05) is 44.2 Å². The molecule has 0 aromatic heterocycles. The van der Waals surface area contributed by atoms with Gasteiger partial charge in [0.25, 0.3) is 0 Å². The average molecular weight is 293 g/mol. The molecule has 21 heavy (non-hydrogen) atoms. The number of benzene rings is 1. The van der Waals surface area contributed by atoms with E-state index in [9.17, 15) is 4.79 Å². The van der Waals surface area contributed by atoms with Gasteiger partial charge in [-0.15, -0.1) is 0 Å². The molecule has 5 heteroatoms. The number of hydrogen-bond acceptors (Lipinski definition) is 4. The van der Waals surface area contributed by atoms with Crippen molar-refractivity contribution in [2.75, 3.05) is 39.5 Å². The van der Waals surface area contributed by atoms with Gasteiger partial charge in [0.1, 0.15) is 19.0 Å². The lowest BCUT2D eigenvalue weighted by Gasteiger charge is -2.38. The van der Waals surface area contributed by atoms with Crippen LogP contribution in [0.4, 0.5) is 0 Å². The van der Waals surface area contributed by atoms with Gasteiger partial charge in [0, 0.05) is 13.1 Å². The van der Waals surface area contributed by atoms with Gasteiger partial charge in [0.15, 0.2) is 0 Å². The van der Waals surface area contributed by atoms with E-state index in [1.165, 1.54) is 0 Å². The van der Waals surface area contributed by atoms with E-state index < -0.39 is 0 Å². The number of morpholine rings is 1. The highest BCUT2D eigenvalue weighted by Gasteiger charge is 2.29. The molecule has 1 amide bonds. The number of para-hydroxylation sites is 1. The molecule has 0 radical (unpaired) electrons. The minimum absolute atomic E-state index is 0.00564. The fourth-order valence-corrected chi connectivity index (χ4v) is 2.22. The minimum atomic E-state index is -0.273. The Morgan fingerprint density at radius 2 is 2.05 bits per heavy atom. The Kier molecular flexibility index (Phi) is 5.59. The molecule has 0 atom stereocenters. The van der Waals surface area contributed by atoms with E-state index >= 15 is 0 Å². The molecule has 1 saturated heterocycles. The summed E-state index contributed by atoms with van der Waals surface area (Å²) in [4.78, 5) is 13.8. The molecular weight excluding hydrogens is 270 g/mol. The molecule has 0 bridgehead atoms. The van der Waals surface area contributed by atoms with Crippen LogP contribution in [-0.2, 0) is 14.3 Å². The van der Waals surface area contributed by atoms with Crippen LogP contribution in [0, 0.1) is 0 Å². The molecule has 0 N–H and O–H groups in total. The summed E-state index contributed by atoms with van der Waals surface area (Å²) >= 11 is 0. The van der Waals surface area contributed by atoms with E-state index in [2.05, 4.69) is 0 Å². The van der Waals surface area contributed by atoms with Gasteiger partial charge in [-0.1, -0.05) is 18.2 Å². The quantitative estimate of drug-likeness (QED) is 0.749. The lowest BCUT2D eigenvalue weighted by molar-refractivity contribution is -0.150. The maximum Gasteiger partial charge on any atom is 0.248 e. The summed E-state index contributed by atoms with van der Waals surface area (Å²) in [6.07, 6.45) is 0. The van der Waals surface area contributed by atoms with Gasteiger partial charge in [0.2, 0.25) is 5.91 Å². The average Bonchev–Trinajstić information content (AvgIpc) is 2.47. The van der Waals surface area contributed by atoms with Gasteiger partial charge in [-0.2, -0.15) is 0 Å². The van der Waals surface area contributed by atoms with Crippen molar-refractivity contribution in [1.29, 1.82) is 0 Å². The lowest BCUT2D eigenvalue weighted by atomic mass is 10.1. The van der Waals surface area contributed by atoms with Gasteiger partial charge < -0.3 is 19.1 Å². The second-order valence-electron chi connectivity index (χ2n) is 5.64. The van der Waals surface area contributed by atoms with E-state index in [0.29, 0.717) is 32.9 Å². The van der Waals surface area contributed by atoms with Crippen LogP contribution in [0.5, 0.6) is 5.75 Å². The zero-order valence-electron chi connectivity index (χ0n) is 12.7. The molecule has 1 aliphatic heterocycles. The third-order valence-electron chi connectivity index (χ3n) is 3.24. The van der Waals surface area contributed by atoms with Gasteiger partial charge in [-0.3, -0.25) is 4.79 Å². The van der Waals surface area contributed by atoms with Crippen molar-refractivity contribution in [3.05, 3.63) is 30.3 Å². The topological polar surface area (TPSA) is 48.0 Å². The number of nitrogens with zero attached hydrogens (tertiary/aromatic N) is 1. The Morgan fingerprint density at radius 3 is 2.76 bits per heavy atom. The standard InChI is InChI=1S/C16H23NO4/c1-16(2)13-17(8-9-21-16)15(18)12-19-10-11-20-14-6-4-3-5-7-14/h3-7H,8-13H2,1-2H3. The molecule has 5 nitrogen and oxygen atoms in total. The third-order valence-corrected chi connectivity index (χ3v) is 3.24. The van der Waals surface area contributed by atoms with Crippen molar-refractivity contribution in [3.63, 3.8) is 0 Å². The minimum Gasteiger partial charge on any atom is -0.491 e. The summed E-state index contributed by atoms with van der Waals surface area (Å²) in [7, 11) is 0. The summed E-state index contributed by atoms with van der Waals surface area (Å²) in [5.41, 5.74) is -0.273. The van der Waals surface area contributed by atoms with E-state index in [0.717, 1.165) is 5.75 Å². The first-order valence-electron chi connectivity index (χ1n) is 7.24. The molecular formula is C16H23NO4. The number of rotatable bonds is 6. The zero-order valence-corrected chi connectivity index (χ0v) is 12.7. The van der Waals surface area contributed by atoms with Gasteiger partial charge >= 0.3 is 0 Å². The second kappa shape index (κ2) is 7.43. The van der Waals surface area contributed by atoms with Crippen molar-refractivity contribution in [1.82, 2.24) is 4.90 Å². The van der Waals surface area contributed by atoms with Gasteiger partial charge in [-0.25, -0.2) is 0 Å². The number of amides is 1. The first-order valence-corrected chi connectivity index (χ1v) is 7.24. The van der Waals surface area contributed by atoms with Crippen LogP contribution in [-0.4, -0.2) is 55.9 Å². The number of hydrogen-bond donors (Lipinski definition) is 0. The first kappa shape index (κ1) is 15.8. The normalized spacial score (nSPS) is 17.5. The molecule has 0 spiro atoms. The molecule has 1 heterocycles. The summed E-state index contributed by atoms with van der Waals surface area (Å²) in [6, 6.07) is 9.55. The summed E-state index contributed by atoms with van der Waals surface area (Å²) in [5, 5.41) is 0. The highest BCUT2D eigenvalue weighted by atomic mass is 16.5. The van der Waals surface area contributed by atoms with Crippen molar-refractivity contribution in [2.24, 2.45) is 0 Å². The van der Waals surface area contributed by atoms with E-state index in [4.69, 9.17) is 14.2 Å². The Balaban J connectivity index is 1.61. The molecule has 1 aliphatic rings. The van der Waals surface area contributed by atoms with Crippen LogP contribution in [0.1, 0.15) is 13.8 Å². The monoisotopic (exact) mass is 293 g/mol. The van der Waals surface area contributed by atoms with Crippen LogP contribution in [0.2, 0.25) is 0 Å². The number of ether oxygens (including phenoxy) is 3. The van der Waals surface area contributed by atoms with Crippen molar-refractivity contribution >= 4 is 5.91 Å². The van der Waals surface area contributed by atoms with Crippen LogP contribution < -0.4 is 4.74 Å². The maximum atomic E-state index is 12.0. The fourth-order valence-electron chi connectivity index (χ4n) is 2.22. The molecule has 0 aliphatic carbocycles. The van der Waals surface area contributed by atoms with Gasteiger partial charge in [0.05, 0.1) is 18.8 Å². The van der Waals surface area contributed by atoms with Crippen molar-refractivity contribution in [3.8, 4) is 5.75 Å². The summed E-state index contributed by atoms with van der Waals surface area (Å²) in [6.45, 7) is 6.72. The Morgan fingerprint density at radius 1 is 1.29 bits per heavy atom. The fraction of sp³-hybridized carbons (Fsp3) is 0.562. The molecule has 1 fully saturated rings. The van der Waals surface area contributed by atoms with E-state index in [-0.39, 0.29) is 18.1 Å². The predicted molar refractivity (Wildman–Crippen MR) is 79.4 cm³/mol. The van der Waals surface area contributed by atoms with Crippen LogP contribution in [0.25, 0.3) is 0 Å². The molecule has 2 rings (SSSR count). The Bertz CT molecular complexity index is 447. The summed E-state index contributed by atoms with van der Waals surface area (Å²) in [5.74, 6) is 0.813. The Hall–Kier alpha value is -1.59. The number of carbonyl (C=O) groups excluding carboxylic acids is 1. The summed E-state index contributed by atoms with van der Waals surface area (Å²) < 4.78 is 16.5. The molecule has 116 valence electrons. The predicted octanol–water partition coefficient (Wildman–Crippen LogP) is 1.72. The smallest absolute Gasteiger partial charge is 0.248 e. The highest BCUT2D eigenvalue weighted by molar-refractivity contribution is 5.77. The lowest BCUT2D eigenvalue weighted by Crippen LogP contribution is -2.51. The zero-order chi connectivity index (χ0) is 15.1. The third kappa shape index (κ3) is 5.36. The van der Waals surface area contributed by atoms with Crippen molar-refractivity contribution < 1.29 is 19.0 Å². The molecule has 1 aromatic rings. The first-order chi connectivity index (χ1) is 10.1. The molecule has 0 unspecified atom stereocenters. The largest absolute Gasteiger partial charge is 0.491 e.